The average Bonchev–Trinajstić information content (AvgIpc) is 2.16. The van der Waals surface area contributed by atoms with Gasteiger partial charge in [-0.3, -0.25) is 0 Å². The van der Waals surface area contributed by atoms with E-state index in [9.17, 15) is 0 Å². The largest absolute Gasteiger partial charge is 0.490 e. The van der Waals surface area contributed by atoms with Crippen LogP contribution in [0, 0.1) is 25.2 Å². The summed E-state index contributed by atoms with van der Waals surface area (Å²) in [7, 11) is 0. The zero-order valence-corrected chi connectivity index (χ0v) is 9.01. The van der Waals surface area contributed by atoms with Gasteiger partial charge in [-0.2, -0.15) is 5.26 Å². The highest BCUT2D eigenvalue weighted by molar-refractivity contribution is 6.22. The third-order valence-electron chi connectivity index (χ3n) is 1.92. The molecule has 0 N–H and O–H groups in total. The molecule has 0 radical (unpaired) electrons. The molecule has 3 heteroatoms. The Kier molecular flexibility index (Phi) is 3.79. The minimum atomic E-state index is -0.589. The maximum absolute atomic E-state index is 8.49. The van der Waals surface area contributed by atoms with Gasteiger partial charge in [0.2, 0.25) is 0 Å². The van der Waals surface area contributed by atoms with Gasteiger partial charge in [-0.05, 0) is 25.0 Å². The van der Waals surface area contributed by atoms with Crippen LogP contribution in [0.4, 0.5) is 0 Å². The highest BCUT2D eigenvalue weighted by Crippen LogP contribution is 2.22. The van der Waals surface area contributed by atoms with Crippen molar-refractivity contribution >= 4 is 11.6 Å². The number of alkyl halides is 1. The molecule has 0 aliphatic heterocycles. The lowest BCUT2D eigenvalue weighted by Gasteiger charge is -2.11. The van der Waals surface area contributed by atoms with Crippen molar-refractivity contribution in [1.29, 1.82) is 5.26 Å². The van der Waals surface area contributed by atoms with Crippen LogP contribution in [0.3, 0.4) is 0 Å². The van der Waals surface area contributed by atoms with E-state index in [0.717, 1.165) is 16.9 Å². The van der Waals surface area contributed by atoms with Gasteiger partial charge in [-0.1, -0.05) is 18.2 Å². The second kappa shape index (κ2) is 4.88. The molecule has 0 saturated carbocycles. The van der Waals surface area contributed by atoms with Crippen LogP contribution in [0.15, 0.2) is 18.2 Å². The van der Waals surface area contributed by atoms with Crippen LogP contribution in [0.2, 0.25) is 0 Å². The minimum absolute atomic E-state index is 0.226. The standard InChI is InChI=1S/C11H12ClNO/c1-8-4-3-5-9(2)11(8)14-7-10(12)6-13/h3-5,10H,7H2,1-2H3. The molecule has 0 saturated heterocycles. The Morgan fingerprint density at radius 1 is 1.43 bits per heavy atom. The Bertz CT molecular complexity index is 337. The molecule has 1 aromatic carbocycles. The molecule has 0 aliphatic carbocycles. The van der Waals surface area contributed by atoms with Crippen LogP contribution in [0.25, 0.3) is 0 Å². The summed E-state index contributed by atoms with van der Waals surface area (Å²) in [6, 6.07) is 7.83. The monoisotopic (exact) mass is 209 g/mol. The lowest BCUT2D eigenvalue weighted by atomic mass is 10.1. The first-order valence-electron chi connectivity index (χ1n) is 4.38. The third-order valence-corrected chi connectivity index (χ3v) is 2.15. The average molecular weight is 210 g/mol. The molecule has 0 aliphatic rings. The SMILES string of the molecule is Cc1cccc(C)c1OCC(Cl)C#N. The number of nitrogens with zero attached hydrogens (tertiary/aromatic N) is 1. The molecule has 74 valence electrons. The van der Waals surface area contributed by atoms with E-state index in [0.29, 0.717) is 0 Å². The molecule has 0 spiro atoms. The summed E-state index contributed by atoms with van der Waals surface area (Å²) in [5.41, 5.74) is 2.12. The summed E-state index contributed by atoms with van der Waals surface area (Å²) in [6.45, 7) is 4.17. The molecule has 1 unspecified atom stereocenters. The van der Waals surface area contributed by atoms with Crippen LogP contribution in [-0.4, -0.2) is 12.0 Å². The van der Waals surface area contributed by atoms with Gasteiger partial charge in [0.15, 0.2) is 5.38 Å². The Hall–Kier alpha value is -1.20. The number of halogens is 1. The van der Waals surface area contributed by atoms with Crippen LogP contribution in [0.5, 0.6) is 5.75 Å². The lowest BCUT2D eigenvalue weighted by Crippen LogP contribution is -2.10. The second-order valence-electron chi connectivity index (χ2n) is 3.13. The van der Waals surface area contributed by atoms with Crippen molar-refractivity contribution in [2.24, 2.45) is 0 Å². The number of nitriles is 1. The van der Waals surface area contributed by atoms with Crippen molar-refractivity contribution in [3.8, 4) is 11.8 Å². The minimum Gasteiger partial charge on any atom is -0.490 e. The number of hydrogen-bond acceptors (Lipinski definition) is 2. The molecule has 1 rings (SSSR count). The fourth-order valence-corrected chi connectivity index (χ4v) is 1.28. The predicted octanol–water partition coefficient (Wildman–Crippen LogP) is 2.81. The fourth-order valence-electron chi connectivity index (χ4n) is 1.22. The second-order valence-corrected chi connectivity index (χ2v) is 3.66. The highest BCUT2D eigenvalue weighted by atomic mass is 35.5. The Labute approximate surface area is 89.1 Å². The Balaban J connectivity index is 2.72. The van der Waals surface area contributed by atoms with Crippen molar-refractivity contribution in [3.05, 3.63) is 29.3 Å². The van der Waals surface area contributed by atoms with Crippen LogP contribution < -0.4 is 4.74 Å². The first kappa shape index (κ1) is 10.9. The summed E-state index contributed by atoms with van der Waals surface area (Å²) < 4.78 is 5.47. The number of benzene rings is 1. The summed E-state index contributed by atoms with van der Waals surface area (Å²) in [4.78, 5) is 0. The van der Waals surface area contributed by atoms with E-state index in [2.05, 4.69) is 0 Å². The Morgan fingerprint density at radius 3 is 2.50 bits per heavy atom. The molecule has 0 bridgehead atoms. The molecule has 0 heterocycles. The number of hydrogen-bond donors (Lipinski definition) is 0. The molecular weight excluding hydrogens is 198 g/mol. The van der Waals surface area contributed by atoms with Crippen LogP contribution >= 0.6 is 11.6 Å². The molecule has 0 amide bonds. The molecular formula is C11H12ClNO. The predicted molar refractivity (Wildman–Crippen MR) is 56.7 cm³/mol. The summed E-state index contributed by atoms with van der Waals surface area (Å²) >= 11 is 5.63. The van der Waals surface area contributed by atoms with Crippen LogP contribution in [0.1, 0.15) is 11.1 Å². The molecule has 1 atom stereocenters. The van der Waals surface area contributed by atoms with Crippen molar-refractivity contribution in [2.45, 2.75) is 19.2 Å². The summed E-state index contributed by atoms with van der Waals surface area (Å²) in [5, 5.41) is 7.90. The van der Waals surface area contributed by atoms with Crippen molar-refractivity contribution in [1.82, 2.24) is 0 Å². The number of para-hydroxylation sites is 1. The summed E-state index contributed by atoms with van der Waals surface area (Å²) in [5.74, 6) is 0.827. The molecule has 1 aromatic rings. The van der Waals surface area contributed by atoms with Crippen molar-refractivity contribution in [3.63, 3.8) is 0 Å². The normalized spacial score (nSPS) is 11.9. The van der Waals surface area contributed by atoms with Gasteiger partial charge in [0.25, 0.3) is 0 Å². The highest BCUT2D eigenvalue weighted by Gasteiger charge is 2.06. The zero-order valence-electron chi connectivity index (χ0n) is 8.25. The number of rotatable bonds is 3. The van der Waals surface area contributed by atoms with Crippen molar-refractivity contribution < 1.29 is 4.74 Å². The van der Waals surface area contributed by atoms with Gasteiger partial charge in [-0.15, -0.1) is 11.6 Å². The maximum Gasteiger partial charge on any atom is 0.154 e. The van der Waals surface area contributed by atoms with Gasteiger partial charge in [0, 0.05) is 0 Å². The van der Waals surface area contributed by atoms with E-state index in [-0.39, 0.29) is 6.61 Å². The molecule has 0 aromatic heterocycles. The van der Waals surface area contributed by atoms with Gasteiger partial charge in [0.05, 0.1) is 6.07 Å². The lowest BCUT2D eigenvalue weighted by molar-refractivity contribution is 0.324. The third kappa shape index (κ3) is 2.65. The topological polar surface area (TPSA) is 33.0 Å². The van der Waals surface area contributed by atoms with Gasteiger partial charge in [0.1, 0.15) is 12.4 Å². The summed E-state index contributed by atoms with van der Waals surface area (Å²) in [6.07, 6.45) is 0. The van der Waals surface area contributed by atoms with E-state index in [4.69, 9.17) is 21.6 Å². The van der Waals surface area contributed by atoms with E-state index < -0.39 is 5.38 Å². The zero-order chi connectivity index (χ0) is 10.6. The van der Waals surface area contributed by atoms with Crippen molar-refractivity contribution in [2.75, 3.05) is 6.61 Å². The quantitative estimate of drug-likeness (QED) is 0.718. The molecule has 0 fully saturated rings. The van der Waals surface area contributed by atoms with E-state index in [1.165, 1.54) is 0 Å². The van der Waals surface area contributed by atoms with Gasteiger partial charge >= 0.3 is 0 Å². The first-order chi connectivity index (χ1) is 6.65. The molecule has 2 nitrogen and oxygen atoms in total. The van der Waals surface area contributed by atoms with E-state index >= 15 is 0 Å². The number of aryl methyl sites for hydroxylation is 2. The number of ether oxygens (including phenoxy) is 1. The smallest absolute Gasteiger partial charge is 0.154 e. The molecule has 14 heavy (non-hydrogen) atoms. The van der Waals surface area contributed by atoms with E-state index in [1.54, 1.807) is 0 Å². The van der Waals surface area contributed by atoms with Crippen LogP contribution in [-0.2, 0) is 0 Å². The van der Waals surface area contributed by atoms with Gasteiger partial charge in [-0.25, -0.2) is 0 Å². The maximum atomic E-state index is 8.49. The fraction of sp³-hybridized carbons (Fsp3) is 0.364. The van der Waals surface area contributed by atoms with E-state index in [1.807, 2.05) is 38.1 Å². The first-order valence-corrected chi connectivity index (χ1v) is 4.81. The van der Waals surface area contributed by atoms with Gasteiger partial charge < -0.3 is 4.74 Å². The Morgan fingerprint density at radius 2 is 2.00 bits per heavy atom.